The number of anilines is 4. The zero-order valence-electron chi connectivity index (χ0n) is 27.8. The van der Waals surface area contributed by atoms with Crippen molar-refractivity contribution in [2.75, 3.05) is 21.3 Å². The van der Waals surface area contributed by atoms with Crippen molar-refractivity contribution in [1.29, 1.82) is 0 Å². The summed E-state index contributed by atoms with van der Waals surface area (Å²) in [5, 5.41) is 0. The Morgan fingerprint density at radius 3 is 0.911 bits per heavy atom. The van der Waals surface area contributed by atoms with Gasteiger partial charge in [0.2, 0.25) is 0 Å². The fraction of sp³-hybridized carbons (Fsp3) is 0. The number of hydrogen-bond acceptors (Lipinski definition) is 6. The molecule has 2 aliphatic rings. The molecule has 0 saturated carbocycles. The second kappa shape index (κ2) is 12.6. The number of carbonyl (C=O) groups is 4. The molecular weight excluding hydrogens is 752 g/mol. The van der Waals surface area contributed by atoms with E-state index in [9.17, 15) is 19.2 Å². The van der Waals surface area contributed by atoms with Crippen molar-refractivity contribution in [3.05, 3.63) is 154 Å². The summed E-state index contributed by atoms with van der Waals surface area (Å²) in [6.07, 6.45) is 0. The highest BCUT2D eigenvalue weighted by Crippen LogP contribution is 2.45. The molecule has 0 aliphatic carbocycles. The summed E-state index contributed by atoms with van der Waals surface area (Å²) >= 11 is 0. The van der Waals surface area contributed by atoms with E-state index in [1.165, 1.54) is 48.5 Å². The summed E-state index contributed by atoms with van der Waals surface area (Å²) in [6.45, 7) is 0. The maximum absolute atomic E-state index is 15.7. The Morgan fingerprint density at radius 1 is 0.339 bits per heavy atom. The Morgan fingerprint density at radius 2 is 0.607 bits per heavy atom. The molecule has 0 saturated heterocycles. The molecule has 0 aromatic heterocycles. The van der Waals surface area contributed by atoms with Crippen molar-refractivity contribution in [2.45, 2.75) is 0 Å². The molecule has 6 aromatic rings. The summed E-state index contributed by atoms with van der Waals surface area (Å²) < 4.78 is 126. The van der Waals surface area contributed by atoms with Gasteiger partial charge in [-0.1, -0.05) is 36.4 Å². The van der Waals surface area contributed by atoms with E-state index in [2.05, 4.69) is 0 Å². The first kappa shape index (κ1) is 35.7. The quantitative estimate of drug-likeness (QED) is 0.0783. The third kappa shape index (κ3) is 5.05. The van der Waals surface area contributed by atoms with Gasteiger partial charge in [-0.05, 0) is 70.8 Å². The highest BCUT2D eigenvalue weighted by Gasteiger charge is 2.46. The molecule has 6 aromatic carbocycles. The molecule has 4 N–H and O–H groups in total. The number of hydrogen-bond donors (Lipinski definition) is 2. The van der Waals surface area contributed by atoms with Crippen LogP contribution in [0.4, 0.5) is 57.9 Å². The van der Waals surface area contributed by atoms with E-state index in [1.807, 2.05) is 0 Å². The number of fused-ring (bicyclic) bond motifs is 2. The molecule has 0 unspecified atom stereocenters. The molecule has 0 fully saturated rings. The summed E-state index contributed by atoms with van der Waals surface area (Å²) in [4.78, 5) is 52.6. The molecule has 0 atom stereocenters. The first-order valence-electron chi connectivity index (χ1n) is 16.1. The van der Waals surface area contributed by atoms with E-state index >= 15 is 35.1 Å². The van der Waals surface area contributed by atoms with Crippen LogP contribution in [0.2, 0.25) is 0 Å². The van der Waals surface area contributed by atoms with Crippen molar-refractivity contribution in [1.82, 2.24) is 0 Å². The van der Waals surface area contributed by atoms with Gasteiger partial charge in [-0.15, -0.1) is 0 Å². The second-order valence-electron chi connectivity index (χ2n) is 12.6. The predicted octanol–water partition coefficient (Wildman–Crippen LogP) is 8.57. The molecule has 0 bridgehead atoms. The SMILES string of the molecule is Nc1ccc(-c2ccc3c(c2)C(=O)N(c2c(F)c(F)c(-c4c(F)c(F)c(N5C(=O)c6ccc(-c7ccc(N)cc7)cc6C5=O)c(F)c4F)c(F)c2F)C3=O)cc1. The van der Waals surface area contributed by atoms with Crippen LogP contribution >= 0.6 is 0 Å². The van der Waals surface area contributed by atoms with Gasteiger partial charge in [-0.3, -0.25) is 19.2 Å². The fourth-order valence-electron chi connectivity index (χ4n) is 6.67. The molecule has 8 rings (SSSR count). The zero-order valence-corrected chi connectivity index (χ0v) is 27.8. The number of imide groups is 2. The summed E-state index contributed by atoms with van der Waals surface area (Å²) in [5.41, 5.74) is 3.67. The average Bonchev–Trinajstić information content (AvgIpc) is 3.58. The summed E-state index contributed by atoms with van der Waals surface area (Å²) in [6, 6.07) is 19.7. The van der Waals surface area contributed by atoms with Gasteiger partial charge in [0.15, 0.2) is 46.5 Å². The smallest absolute Gasteiger partial charge is 0.266 e. The maximum Gasteiger partial charge on any atom is 0.266 e. The van der Waals surface area contributed by atoms with Crippen molar-refractivity contribution in [2.24, 2.45) is 0 Å². The Bertz CT molecular complexity index is 2540. The largest absolute Gasteiger partial charge is 0.399 e. The van der Waals surface area contributed by atoms with Gasteiger partial charge in [0.1, 0.15) is 11.4 Å². The van der Waals surface area contributed by atoms with E-state index < -0.39 is 115 Å². The van der Waals surface area contributed by atoms with Crippen LogP contribution in [0, 0.1) is 46.5 Å². The van der Waals surface area contributed by atoms with Crippen LogP contribution in [-0.2, 0) is 0 Å². The van der Waals surface area contributed by atoms with Crippen LogP contribution < -0.4 is 21.3 Å². The Kier molecular flexibility index (Phi) is 8.03. The van der Waals surface area contributed by atoms with Crippen LogP contribution in [0.3, 0.4) is 0 Å². The predicted molar refractivity (Wildman–Crippen MR) is 186 cm³/mol. The van der Waals surface area contributed by atoms with Gasteiger partial charge >= 0.3 is 0 Å². The third-order valence-corrected chi connectivity index (χ3v) is 9.44. The summed E-state index contributed by atoms with van der Waals surface area (Å²) in [7, 11) is 0. The molecular formula is C40H18F8N4O4. The number of halogens is 8. The number of carbonyl (C=O) groups excluding carboxylic acids is 4. The van der Waals surface area contributed by atoms with Gasteiger partial charge in [0.25, 0.3) is 23.6 Å². The maximum atomic E-state index is 15.7. The zero-order chi connectivity index (χ0) is 40.1. The fourth-order valence-corrected chi connectivity index (χ4v) is 6.67. The highest BCUT2D eigenvalue weighted by molar-refractivity contribution is 6.35. The Hall–Kier alpha value is -7.36. The average molecular weight is 771 g/mol. The minimum Gasteiger partial charge on any atom is -0.399 e. The molecule has 56 heavy (non-hydrogen) atoms. The topological polar surface area (TPSA) is 127 Å². The van der Waals surface area contributed by atoms with Crippen molar-refractivity contribution >= 4 is 46.4 Å². The van der Waals surface area contributed by atoms with Crippen molar-refractivity contribution < 1.29 is 54.3 Å². The molecule has 16 heteroatoms. The number of nitrogens with two attached hydrogens (primary N) is 2. The first-order chi connectivity index (χ1) is 26.6. The van der Waals surface area contributed by atoms with Crippen molar-refractivity contribution in [3.63, 3.8) is 0 Å². The highest BCUT2D eigenvalue weighted by atomic mass is 19.2. The van der Waals surface area contributed by atoms with Crippen LogP contribution in [-0.4, -0.2) is 23.6 Å². The Balaban J connectivity index is 1.19. The van der Waals surface area contributed by atoms with E-state index in [4.69, 9.17) is 11.5 Å². The minimum atomic E-state index is -2.65. The van der Waals surface area contributed by atoms with Crippen LogP contribution in [0.15, 0.2) is 84.9 Å². The van der Waals surface area contributed by atoms with Gasteiger partial charge < -0.3 is 11.5 Å². The summed E-state index contributed by atoms with van der Waals surface area (Å²) in [5.74, 6) is -26.5. The van der Waals surface area contributed by atoms with Gasteiger partial charge in [0, 0.05) is 11.4 Å². The lowest BCUT2D eigenvalue weighted by atomic mass is 9.99. The van der Waals surface area contributed by atoms with Crippen molar-refractivity contribution in [3.8, 4) is 33.4 Å². The molecule has 4 amide bonds. The lowest BCUT2D eigenvalue weighted by molar-refractivity contribution is 0.0907. The molecule has 278 valence electrons. The van der Waals surface area contributed by atoms with E-state index in [0.29, 0.717) is 33.6 Å². The number of rotatable bonds is 5. The lowest BCUT2D eigenvalue weighted by Crippen LogP contribution is -2.32. The third-order valence-electron chi connectivity index (χ3n) is 9.44. The molecule has 0 spiro atoms. The van der Waals surface area contributed by atoms with Crippen LogP contribution in [0.5, 0.6) is 0 Å². The van der Waals surface area contributed by atoms with Gasteiger partial charge in [-0.25, -0.2) is 44.9 Å². The normalized spacial score (nSPS) is 13.6. The minimum absolute atomic E-state index is 0.240. The standard InChI is InChI=1S/C40H18F8N4O4/c41-27-25(28(42)32(46)35(31(27)45)51-37(53)21-11-5-17(13-23(21)39(51)55)15-1-7-19(49)8-2-15)26-29(43)33(47)36(34(48)30(26)44)52-38(54)22-12-6-18(14-24(22)40(52)56)16-3-9-20(50)10-4-16/h1-14H,49-50H2. The molecule has 8 nitrogen and oxygen atoms in total. The van der Waals surface area contributed by atoms with E-state index in [0.717, 1.165) is 12.1 Å². The number of benzene rings is 6. The Labute approximate surface area is 308 Å². The second-order valence-corrected chi connectivity index (χ2v) is 12.6. The van der Waals surface area contributed by atoms with E-state index in [1.54, 1.807) is 24.3 Å². The van der Waals surface area contributed by atoms with Crippen LogP contribution in [0.25, 0.3) is 33.4 Å². The van der Waals surface area contributed by atoms with E-state index in [-0.39, 0.29) is 9.80 Å². The molecule has 2 aliphatic heterocycles. The number of nitrogens with zero attached hydrogens (tertiary/aromatic N) is 2. The van der Waals surface area contributed by atoms with Crippen LogP contribution in [0.1, 0.15) is 41.4 Å². The van der Waals surface area contributed by atoms with Gasteiger partial charge in [-0.2, -0.15) is 0 Å². The number of amides is 4. The number of nitrogen functional groups attached to an aromatic ring is 2. The molecule has 0 radical (unpaired) electrons. The molecule has 2 heterocycles. The monoisotopic (exact) mass is 770 g/mol. The first-order valence-corrected chi connectivity index (χ1v) is 16.1. The van der Waals surface area contributed by atoms with Gasteiger partial charge in [0.05, 0.1) is 33.4 Å². The lowest BCUT2D eigenvalue weighted by Gasteiger charge is -2.21.